The molecule has 0 spiro atoms. The number of nitrogens with two attached hydrogens (primary N) is 1. The molecular weight excluding hydrogens is 202 g/mol. The summed E-state index contributed by atoms with van der Waals surface area (Å²) in [5.41, 5.74) is 5.47. The van der Waals surface area contributed by atoms with Crippen LogP contribution >= 0.6 is 23.4 Å². The number of hydrogen-bond donors (Lipinski definition) is 1. The molecule has 0 aliphatic carbocycles. The minimum absolute atomic E-state index is 0.575. The van der Waals surface area contributed by atoms with E-state index in [4.69, 9.17) is 17.3 Å². The van der Waals surface area contributed by atoms with Crippen molar-refractivity contribution in [3.05, 3.63) is 29.3 Å². The van der Waals surface area contributed by atoms with Crippen LogP contribution in [-0.2, 0) is 0 Å². The van der Waals surface area contributed by atoms with Crippen molar-refractivity contribution in [2.24, 2.45) is 5.73 Å². The molecule has 2 N–H and O–H groups in total. The van der Waals surface area contributed by atoms with Crippen LogP contribution in [0.1, 0.15) is 13.3 Å². The minimum Gasteiger partial charge on any atom is -0.330 e. The van der Waals surface area contributed by atoms with Gasteiger partial charge in [0.25, 0.3) is 0 Å². The number of benzene rings is 1. The minimum atomic E-state index is 0.575. The van der Waals surface area contributed by atoms with Crippen molar-refractivity contribution < 1.29 is 0 Å². The summed E-state index contributed by atoms with van der Waals surface area (Å²) in [6.45, 7) is 2.94. The normalized spacial score (nSPS) is 12.8. The fourth-order valence-electron chi connectivity index (χ4n) is 1.04. The van der Waals surface area contributed by atoms with Crippen LogP contribution in [0.2, 0.25) is 5.02 Å². The zero-order valence-corrected chi connectivity index (χ0v) is 9.24. The van der Waals surface area contributed by atoms with Crippen LogP contribution in [0.4, 0.5) is 0 Å². The zero-order chi connectivity index (χ0) is 9.68. The summed E-state index contributed by atoms with van der Waals surface area (Å²) < 4.78 is 0. The molecule has 0 aliphatic heterocycles. The molecule has 0 saturated heterocycles. The molecular formula is C10H14ClNS. The van der Waals surface area contributed by atoms with Crippen molar-refractivity contribution in [1.29, 1.82) is 0 Å². The molecule has 72 valence electrons. The number of rotatable bonds is 4. The third kappa shape index (κ3) is 4.03. The molecule has 0 heterocycles. The third-order valence-electron chi connectivity index (χ3n) is 1.72. The zero-order valence-electron chi connectivity index (χ0n) is 7.66. The second kappa shape index (κ2) is 5.53. The van der Waals surface area contributed by atoms with E-state index in [1.54, 1.807) is 0 Å². The molecule has 0 bridgehead atoms. The van der Waals surface area contributed by atoms with Crippen LogP contribution in [0.3, 0.4) is 0 Å². The van der Waals surface area contributed by atoms with Crippen molar-refractivity contribution in [2.45, 2.75) is 23.5 Å². The molecule has 0 radical (unpaired) electrons. The quantitative estimate of drug-likeness (QED) is 0.781. The van der Waals surface area contributed by atoms with E-state index in [0.717, 1.165) is 18.0 Å². The lowest BCUT2D eigenvalue weighted by molar-refractivity contribution is 0.823. The van der Waals surface area contributed by atoms with E-state index in [1.807, 2.05) is 36.0 Å². The lowest BCUT2D eigenvalue weighted by atomic mass is 10.3. The highest BCUT2D eigenvalue weighted by Crippen LogP contribution is 2.25. The fourth-order valence-corrected chi connectivity index (χ4v) is 2.18. The molecule has 0 saturated carbocycles. The first-order valence-corrected chi connectivity index (χ1v) is 5.60. The van der Waals surface area contributed by atoms with Crippen LogP contribution in [0.15, 0.2) is 29.2 Å². The molecule has 1 nitrogen and oxygen atoms in total. The lowest BCUT2D eigenvalue weighted by Crippen LogP contribution is -2.06. The average Bonchev–Trinajstić information content (AvgIpc) is 2.09. The first kappa shape index (κ1) is 10.9. The number of hydrogen-bond acceptors (Lipinski definition) is 2. The third-order valence-corrected chi connectivity index (χ3v) is 3.16. The van der Waals surface area contributed by atoms with Gasteiger partial charge in [-0.25, -0.2) is 0 Å². The Hall–Kier alpha value is -0.180. The molecule has 13 heavy (non-hydrogen) atoms. The molecule has 1 rings (SSSR count). The van der Waals surface area contributed by atoms with Crippen molar-refractivity contribution in [3.8, 4) is 0 Å². The van der Waals surface area contributed by atoms with E-state index in [1.165, 1.54) is 4.90 Å². The first-order chi connectivity index (χ1) is 6.22. The molecule has 0 fully saturated rings. The van der Waals surface area contributed by atoms with Crippen molar-refractivity contribution in [3.63, 3.8) is 0 Å². The van der Waals surface area contributed by atoms with E-state index < -0.39 is 0 Å². The first-order valence-electron chi connectivity index (χ1n) is 4.34. The maximum atomic E-state index is 5.78. The summed E-state index contributed by atoms with van der Waals surface area (Å²) in [6.07, 6.45) is 1.05. The molecule has 3 heteroatoms. The predicted molar refractivity (Wildman–Crippen MR) is 60.4 cm³/mol. The van der Waals surface area contributed by atoms with Crippen LogP contribution < -0.4 is 5.73 Å². The topological polar surface area (TPSA) is 26.0 Å². The van der Waals surface area contributed by atoms with Gasteiger partial charge in [0.2, 0.25) is 0 Å². The summed E-state index contributed by atoms with van der Waals surface area (Å²) in [4.78, 5) is 1.25. The van der Waals surface area contributed by atoms with Gasteiger partial charge in [-0.1, -0.05) is 18.5 Å². The average molecular weight is 216 g/mol. The van der Waals surface area contributed by atoms with Gasteiger partial charge in [-0.15, -0.1) is 11.8 Å². The highest BCUT2D eigenvalue weighted by molar-refractivity contribution is 7.99. The van der Waals surface area contributed by atoms with Gasteiger partial charge in [-0.05, 0) is 37.2 Å². The Labute approximate surface area is 88.7 Å². The molecule has 1 aromatic rings. The van der Waals surface area contributed by atoms with Gasteiger partial charge in [0.15, 0.2) is 0 Å². The molecule has 1 aromatic carbocycles. The van der Waals surface area contributed by atoms with Gasteiger partial charge in [-0.2, -0.15) is 0 Å². The number of halogens is 1. The SMILES string of the molecule is CC(CCN)Sc1ccc(Cl)cc1. The predicted octanol–water partition coefficient (Wildman–Crippen LogP) is 3.17. The Bertz CT molecular complexity index is 248. The lowest BCUT2D eigenvalue weighted by Gasteiger charge is -2.08. The van der Waals surface area contributed by atoms with Crippen molar-refractivity contribution >= 4 is 23.4 Å². The smallest absolute Gasteiger partial charge is 0.0406 e. The Morgan fingerprint density at radius 2 is 2.00 bits per heavy atom. The van der Waals surface area contributed by atoms with Gasteiger partial charge < -0.3 is 5.73 Å². The van der Waals surface area contributed by atoms with E-state index >= 15 is 0 Å². The van der Waals surface area contributed by atoms with Crippen LogP contribution in [0.5, 0.6) is 0 Å². The summed E-state index contributed by atoms with van der Waals surface area (Å²) in [5.74, 6) is 0. The number of thioether (sulfide) groups is 1. The van der Waals surface area contributed by atoms with Crippen molar-refractivity contribution in [2.75, 3.05) is 6.54 Å². The second-order valence-corrected chi connectivity index (χ2v) is 4.91. The molecule has 0 aliphatic rings. The maximum absolute atomic E-state index is 5.78. The van der Waals surface area contributed by atoms with Gasteiger partial charge in [0.1, 0.15) is 0 Å². The summed E-state index contributed by atoms with van der Waals surface area (Å²) in [6, 6.07) is 7.91. The fraction of sp³-hybridized carbons (Fsp3) is 0.400. The van der Waals surface area contributed by atoms with E-state index in [2.05, 4.69) is 6.92 Å². The van der Waals surface area contributed by atoms with E-state index in [0.29, 0.717) is 5.25 Å². The van der Waals surface area contributed by atoms with Crippen molar-refractivity contribution in [1.82, 2.24) is 0 Å². The Morgan fingerprint density at radius 3 is 2.54 bits per heavy atom. The molecule has 1 atom stereocenters. The van der Waals surface area contributed by atoms with E-state index in [9.17, 15) is 0 Å². The van der Waals surface area contributed by atoms with Crippen LogP contribution in [0, 0.1) is 0 Å². The Balaban J connectivity index is 2.49. The second-order valence-electron chi connectivity index (χ2n) is 2.96. The van der Waals surface area contributed by atoms with Gasteiger partial charge >= 0.3 is 0 Å². The largest absolute Gasteiger partial charge is 0.330 e. The molecule has 1 unspecified atom stereocenters. The summed E-state index contributed by atoms with van der Waals surface area (Å²) in [7, 11) is 0. The molecule has 0 amide bonds. The summed E-state index contributed by atoms with van der Waals surface area (Å²) >= 11 is 7.62. The van der Waals surface area contributed by atoms with Gasteiger partial charge in [-0.3, -0.25) is 0 Å². The highest BCUT2D eigenvalue weighted by Gasteiger charge is 2.02. The Kier molecular flexibility index (Phi) is 4.64. The van der Waals surface area contributed by atoms with E-state index in [-0.39, 0.29) is 0 Å². The van der Waals surface area contributed by atoms with Crippen LogP contribution in [0.25, 0.3) is 0 Å². The highest BCUT2D eigenvalue weighted by atomic mass is 35.5. The van der Waals surface area contributed by atoms with Gasteiger partial charge in [0, 0.05) is 15.2 Å². The molecule has 0 aromatic heterocycles. The maximum Gasteiger partial charge on any atom is 0.0406 e. The monoisotopic (exact) mass is 215 g/mol. The van der Waals surface area contributed by atoms with Crippen LogP contribution in [-0.4, -0.2) is 11.8 Å². The standard InChI is InChI=1S/C10H14ClNS/c1-8(6-7-12)13-10-4-2-9(11)3-5-10/h2-5,8H,6-7,12H2,1H3. The Morgan fingerprint density at radius 1 is 1.38 bits per heavy atom. The summed E-state index contributed by atoms with van der Waals surface area (Å²) in [5, 5.41) is 1.36. The van der Waals surface area contributed by atoms with Gasteiger partial charge in [0.05, 0.1) is 0 Å².